The van der Waals surface area contributed by atoms with Crippen molar-refractivity contribution in [3.8, 4) is 5.75 Å². The molecule has 1 N–H and O–H groups in total. The molecule has 3 heterocycles. The van der Waals surface area contributed by atoms with E-state index in [1.807, 2.05) is 24.5 Å². The first-order chi connectivity index (χ1) is 20.7. The summed E-state index contributed by atoms with van der Waals surface area (Å²) in [5.41, 5.74) is 4.10. The van der Waals surface area contributed by atoms with Gasteiger partial charge in [0.15, 0.2) is 0 Å². The summed E-state index contributed by atoms with van der Waals surface area (Å²) in [7, 11) is -0.508. The van der Waals surface area contributed by atoms with Crippen molar-refractivity contribution in [2.24, 2.45) is 17.3 Å². The van der Waals surface area contributed by atoms with E-state index in [1.165, 1.54) is 31.2 Å². The molecule has 3 aromatic rings. The highest BCUT2D eigenvalue weighted by molar-refractivity contribution is 6.48. The Morgan fingerprint density at radius 1 is 1.05 bits per heavy atom. The zero-order chi connectivity index (χ0) is 29.4. The number of aryl methyl sites for hydroxylation is 1. The Bertz CT molecular complexity index is 1540. The molecule has 2 bridgehead atoms. The van der Waals surface area contributed by atoms with Crippen LogP contribution in [0.1, 0.15) is 88.8 Å². The van der Waals surface area contributed by atoms with Gasteiger partial charge in [-0.15, -0.1) is 0 Å². The van der Waals surface area contributed by atoms with Gasteiger partial charge in [-0.3, -0.25) is 4.79 Å². The Kier molecular flexibility index (Phi) is 6.54. The van der Waals surface area contributed by atoms with Gasteiger partial charge in [-0.05, 0) is 111 Å². The first kappa shape index (κ1) is 27.8. The summed E-state index contributed by atoms with van der Waals surface area (Å²) < 4.78 is 26.0. The predicted octanol–water partition coefficient (Wildman–Crippen LogP) is 7.00. The molecule has 2 aliphatic heterocycles. The summed E-state index contributed by atoms with van der Waals surface area (Å²) in [6, 6.07) is 14.4. The number of carbonyl (C=O) groups excluding carboxylic acids is 1. The van der Waals surface area contributed by atoms with E-state index in [2.05, 4.69) is 50.4 Å². The fourth-order valence-electron chi connectivity index (χ4n) is 9.39. The smallest absolute Gasteiger partial charge is 0.482 e. The fourth-order valence-corrected chi connectivity index (χ4v) is 9.39. The van der Waals surface area contributed by atoms with Crippen LogP contribution < -0.4 is 10.1 Å². The third-order valence-electron chi connectivity index (χ3n) is 12.1. The lowest BCUT2D eigenvalue weighted by Crippen LogP contribution is -2.65. The van der Waals surface area contributed by atoms with Gasteiger partial charge in [0.1, 0.15) is 16.9 Å². The third kappa shape index (κ3) is 4.64. The minimum Gasteiger partial charge on any atom is -0.487 e. The minimum atomic E-state index is -0.508. The molecule has 6 aliphatic rings. The molecule has 5 fully saturated rings. The number of nitrogens with one attached hydrogen (secondary N) is 1. The molecule has 5 atom stereocenters. The summed E-state index contributed by atoms with van der Waals surface area (Å²) in [5, 5.41) is 4.42. The number of hydrogen-bond acceptors (Lipinski definition) is 5. The van der Waals surface area contributed by atoms with Crippen molar-refractivity contribution in [2.45, 2.75) is 115 Å². The van der Waals surface area contributed by atoms with Crippen molar-refractivity contribution in [3.63, 3.8) is 0 Å². The molecule has 1 amide bonds. The van der Waals surface area contributed by atoms with E-state index in [4.69, 9.17) is 18.5 Å². The van der Waals surface area contributed by atoms with Gasteiger partial charge in [-0.2, -0.15) is 0 Å². The summed E-state index contributed by atoms with van der Waals surface area (Å²) in [6.45, 7) is 6.98. The normalized spacial score (nSPS) is 30.7. The van der Waals surface area contributed by atoms with Crippen molar-refractivity contribution < 1.29 is 23.3 Å². The molecular weight excluding hydrogens is 537 g/mol. The third-order valence-corrected chi connectivity index (χ3v) is 12.1. The van der Waals surface area contributed by atoms with E-state index in [1.54, 1.807) is 0 Å². The second-order valence-corrected chi connectivity index (χ2v) is 14.9. The van der Waals surface area contributed by atoms with Gasteiger partial charge in [-0.25, -0.2) is 0 Å². The largest absolute Gasteiger partial charge is 0.487 e. The van der Waals surface area contributed by atoms with Gasteiger partial charge in [0, 0.05) is 5.39 Å². The van der Waals surface area contributed by atoms with E-state index in [0.717, 1.165) is 59.9 Å². The van der Waals surface area contributed by atoms with Gasteiger partial charge < -0.3 is 23.8 Å². The highest BCUT2D eigenvalue weighted by atomic mass is 16.7. The Hall–Kier alpha value is -2.77. The average Bonchev–Trinajstić information content (AvgIpc) is 3.57. The van der Waals surface area contributed by atoms with Gasteiger partial charge in [-0.1, -0.05) is 50.6 Å². The lowest BCUT2D eigenvalue weighted by atomic mass is 9.43. The van der Waals surface area contributed by atoms with Crippen LogP contribution in [0, 0.1) is 17.3 Å². The molecule has 43 heavy (non-hydrogen) atoms. The van der Waals surface area contributed by atoms with Crippen LogP contribution in [0.25, 0.3) is 11.0 Å². The molecule has 1 aromatic heterocycles. The Balaban J connectivity index is 1.01. The lowest BCUT2D eigenvalue weighted by molar-refractivity contribution is -0.199. The number of fused-ring (bicyclic) bond motifs is 2. The number of ether oxygens (including phenoxy) is 1. The molecule has 1 spiro atoms. The second-order valence-electron chi connectivity index (χ2n) is 14.9. The maximum Gasteiger partial charge on any atom is 0.482 e. The molecule has 1 saturated heterocycles. The molecule has 2 aromatic carbocycles. The van der Waals surface area contributed by atoms with E-state index in [0.29, 0.717) is 24.7 Å². The van der Waals surface area contributed by atoms with Crippen LogP contribution in [0.15, 0.2) is 53.1 Å². The molecule has 0 radical (unpaired) electrons. The number of hydrogen-bond donors (Lipinski definition) is 1. The van der Waals surface area contributed by atoms with Crippen LogP contribution in [0.4, 0.5) is 0 Å². The van der Waals surface area contributed by atoms with Crippen LogP contribution in [-0.4, -0.2) is 36.3 Å². The molecule has 9 rings (SSSR count). The fraction of sp³-hybridized carbons (Fsp3) is 0.583. The first-order valence-corrected chi connectivity index (χ1v) is 16.6. The van der Waals surface area contributed by atoms with E-state index < -0.39 is 7.12 Å². The number of rotatable bonds is 6. The van der Waals surface area contributed by atoms with Crippen molar-refractivity contribution >= 4 is 24.0 Å². The zero-order valence-electron chi connectivity index (χ0n) is 25.8. The number of benzene rings is 2. The molecule has 6 nitrogen and oxygen atoms in total. The van der Waals surface area contributed by atoms with Crippen molar-refractivity contribution in [2.75, 3.05) is 0 Å². The quantitative estimate of drug-likeness (QED) is 0.318. The molecular formula is C36H44BNO5. The summed E-state index contributed by atoms with van der Waals surface area (Å²) in [4.78, 5) is 13.7. The Morgan fingerprint density at radius 2 is 1.88 bits per heavy atom. The predicted molar refractivity (Wildman–Crippen MR) is 167 cm³/mol. The minimum absolute atomic E-state index is 0.0184. The molecule has 0 unspecified atom stereocenters. The van der Waals surface area contributed by atoms with Crippen LogP contribution in [0.2, 0.25) is 0 Å². The van der Waals surface area contributed by atoms with Gasteiger partial charge in [0.25, 0.3) is 0 Å². The SMILES string of the molecule is CC1(C)[C@@H]2C[C@H]3OB([C@H](Cc4coc5ccccc45)NC(=O)Cc4ccc5c(c4)CCC4(CCCCC4)O5)O[C@@]3(C)[C@H]1C2. The Labute approximate surface area is 255 Å². The first-order valence-electron chi connectivity index (χ1n) is 16.6. The molecule has 226 valence electrons. The number of carbonyl (C=O) groups is 1. The van der Waals surface area contributed by atoms with Crippen LogP contribution in [-0.2, 0) is 33.4 Å². The maximum absolute atomic E-state index is 13.7. The van der Waals surface area contributed by atoms with Gasteiger partial charge in [0.2, 0.25) is 5.91 Å². The summed E-state index contributed by atoms with van der Waals surface area (Å²) in [6.07, 6.45) is 13.2. The molecule has 4 saturated carbocycles. The summed E-state index contributed by atoms with van der Waals surface area (Å²) in [5.74, 6) is 1.79. The summed E-state index contributed by atoms with van der Waals surface area (Å²) >= 11 is 0. The van der Waals surface area contributed by atoms with E-state index in [9.17, 15) is 4.79 Å². The highest BCUT2D eigenvalue weighted by Gasteiger charge is 2.68. The van der Waals surface area contributed by atoms with Crippen LogP contribution in [0.3, 0.4) is 0 Å². The standard InChI is InChI=1S/C36H44BNO5/c1-34(2)26-20-30(34)35(3)31(21-26)42-37(43-35)32(19-25-22-40-29-10-6-5-9-27(25)29)38-33(39)18-23-11-12-28-24(17-23)13-16-36(41-28)14-7-4-8-15-36/h5-6,9-12,17,22,26,30-32H,4,7-8,13-16,18-21H2,1-3H3,(H,38,39)/t26-,30-,31+,32-,35-/m0/s1. The molecule has 4 aliphatic carbocycles. The lowest BCUT2D eigenvalue weighted by Gasteiger charge is -2.64. The number of para-hydroxylation sites is 1. The van der Waals surface area contributed by atoms with E-state index >= 15 is 0 Å². The number of amides is 1. The molecule has 7 heteroatoms. The monoisotopic (exact) mass is 581 g/mol. The topological polar surface area (TPSA) is 69.9 Å². The maximum atomic E-state index is 13.7. The second kappa shape index (κ2) is 10.1. The van der Waals surface area contributed by atoms with Crippen molar-refractivity contribution in [3.05, 3.63) is 65.4 Å². The van der Waals surface area contributed by atoms with Crippen molar-refractivity contribution in [1.29, 1.82) is 0 Å². The van der Waals surface area contributed by atoms with Crippen LogP contribution >= 0.6 is 0 Å². The zero-order valence-corrected chi connectivity index (χ0v) is 25.8. The van der Waals surface area contributed by atoms with Crippen LogP contribution in [0.5, 0.6) is 5.75 Å². The average molecular weight is 582 g/mol. The number of furan rings is 1. The van der Waals surface area contributed by atoms with Gasteiger partial charge in [0.05, 0.1) is 30.3 Å². The van der Waals surface area contributed by atoms with E-state index in [-0.39, 0.29) is 34.6 Å². The highest BCUT2D eigenvalue weighted by Crippen LogP contribution is 2.65. The van der Waals surface area contributed by atoms with Crippen molar-refractivity contribution in [1.82, 2.24) is 5.32 Å². The van der Waals surface area contributed by atoms with Gasteiger partial charge >= 0.3 is 7.12 Å². The Morgan fingerprint density at radius 3 is 2.72 bits per heavy atom.